The molecule has 260 valence electrons. The first-order chi connectivity index (χ1) is 21.4. The van der Waals surface area contributed by atoms with Crippen LogP contribution in [-0.4, -0.2) is 39.5 Å². The standard InChI is InChI=1S/C40H83NO2/c1-3-5-7-9-11-13-15-17-19-21-23-25-27-29-31-33-37-42-39-35-41-36-40-43-38-34-32-30-28-26-24-22-20-18-16-14-12-10-8-6-4-2/h41H,3-40H2,1-2H3. The van der Waals surface area contributed by atoms with Crippen molar-refractivity contribution < 1.29 is 9.47 Å². The van der Waals surface area contributed by atoms with Gasteiger partial charge < -0.3 is 14.8 Å². The Kier molecular flexibility index (Phi) is 41.8. The maximum absolute atomic E-state index is 5.79. The molecule has 0 aromatic rings. The first kappa shape index (κ1) is 42.9. The van der Waals surface area contributed by atoms with Gasteiger partial charge in [-0.1, -0.05) is 206 Å². The second-order valence-corrected chi connectivity index (χ2v) is 13.6. The van der Waals surface area contributed by atoms with Crippen molar-refractivity contribution in [2.75, 3.05) is 39.5 Å². The van der Waals surface area contributed by atoms with Gasteiger partial charge in [0.25, 0.3) is 0 Å². The molecular weight excluding hydrogens is 526 g/mol. The highest BCUT2D eigenvalue weighted by Gasteiger charge is 1.97. The molecule has 3 nitrogen and oxygen atoms in total. The van der Waals surface area contributed by atoms with E-state index in [9.17, 15) is 0 Å². The van der Waals surface area contributed by atoms with Gasteiger partial charge in [-0.05, 0) is 12.8 Å². The van der Waals surface area contributed by atoms with Crippen LogP contribution in [0.15, 0.2) is 0 Å². The van der Waals surface area contributed by atoms with Crippen molar-refractivity contribution in [3.63, 3.8) is 0 Å². The topological polar surface area (TPSA) is 30.5 Å². The Bertz CT molecular complexity index is 418. The molecule has 0 amide bonds. The SMILES string of the molecule is CCCCCCCCCCCCCCCCCCOCCNCCOCCCCCCCCCCCCCCCCCC. The smallest absolute Gasteiger partial charge is 0.0590 e. The molecule has 0 unspecified atom stereocenters. The molecule has 0 bridgehead atoms. The monoisotopic (exact) mass is 610 g/mol. The van der Waals surface area contributed by atoms with Crippen molar-refractivity contribution in [1.29, 1.82) is 0 Å². The second kappa shape index (κ2) is 41.9. The normalized spacial score (nSPS) is 11.6. The quantitative estimate of drug-likeness (QED) is 0.0701. The largest absolute Gasteiger partial charge is 0.380 e. The van der Waals surface area contributed by atoms with Crippen LogP contribution < -0.4 is 5.32 Å². The van der Waals surface area contributed by atoms with Crippen molar-refractivity contribution in [1.82, 2.24) is 5.32 Å². The third kappa shape index (κ3) is 41.9. The van der Waals surface area contributed by atoms with E-state index in [1.165, 1.54) is 205 Å². The van der Waals surface area contributed by atoms with Crippen molar-refractivity contribution in [2.24, 2.45) is 0 Å². The molecule has 0 aliphatic heterocycles. The third-order valence-electron chi connectivity index (χ3n) is 9.13. The molecule has 43 heavy (non-hydrogen) atoms. The number of rotatable bonds is 40. The molecular formula is C40H83NO2. The molecule has 0 heterocycles. The van der Waals surface area contributed by atoms with E-state index in [2.05, 4.69) is 19.2 Å². The van der Waals surface area contributed by atoms with E-state index in [0.717, 1.165) is 39.5 Å². The van der Waals surface area contributed by atoms with Gasteiger partial charge in [-0.15, -0.1) is 0 Å². The fourth-order valence-electron chi connectivity index (χ4n) is 6.12. The summed E-state index contributed by atoms with van der Waals surface area (Å²) in [6.45, 7) is 10.0. The van der Waals surface area contributed by atoms with Gasteiger partial charge in [-0.3, -0.25) is 0 Å². The summed E-state index contributed by atoms with van der Waals surface area (Å²) in [4.78, 5) is 0. The predicted molar refractivity (Wildman–Crippen MR) is 194 cm³/mol. The molecule has 0 aliphatic rings. The highest BCUT2D eigenvalue weighted by atomic mass is 16.5. The lowest BCUT2D eigenvalue weighted by Gasteiger charge is -2.07. The van der Waals surface area contributed by atoms with E-state index in [1.54, 1.807) is 0 Å². The minimum atomic E-state index is 0.831. The Morgan fingerprint density at radius 1 is 0.256 bits per heavy atom. The summed E-state index contributed by atoms with van der Waals surface area (Å²) in [6, 6.07) is 0. The molecule has 0 saturated carbocycles. The van der Waals surface area contributed by atoms with Crippen LogP contribution in [0.5, 0.6) is 0 Å². The van der Waals surface area contributed by atoms with Gasteiger partial charge in [0.05, 0.1) is 13.2 Å². The zero-order chi connectivity index (χ0) is 31.0. The molecule has 0 atom stereocenters. The van der Waals surface area contributed by atoms with Crippen LogP contribution in [0, 0.1) is 0 Å². The van der Waals surface area contributed by atoms with Gasteiger partial charge in [-0.25, -0.2) is 0 Å². The van der Waals surface area contributed by atoms with E-state index in [-0.39, 0.29) is 0 Å². The maximum atomic E-state index is 5.79. The highest BCUT2D eigenvalue weighted by molar-refractivity contribution is 4.52. The summed E-state index contributed by atoms with van der Waals surface area (Å²) in [6.07, 6.45) is 45.5. The van der Waals surface area contributed by atoms with Gasteiger partial charge in [0.2, 0.25) is 0 Å². The van der Waals surface area contributed by atoms with Crippen LogP contribution in [0.2, 0.25) is 0 Å². The molecule has 1 N–H and O–H groups in total. The Hall–Kier alpha value is -0.120. The van der Waals surface area contributed by atoms with Gasteiger partial charge in [-0.2, -0.15) is 0 Å². The van der Waals surface area contributed by atoms with Crippen LogP contribution >= 0.6 is 0 Å². The maximum Gasteiger partial charge on any atom is 0.0590 e. The lowest BCUT2D eigenvalue weighted by Crippen LogP contribution is -2.24. The van der Waals surface area contributed by atoms with Crippen molar-refractivity contribution in [3.8, 4) is 0 Å². The van der Waals surface area contributed by atoms with Crippen molar-refractivity contribution in [2.45, 2.75) is 219 Å². The van der Waals surface area contributed by atoms with E-state index < -0.39 is 0 Å². The van der Waals surface area contributed by atoms with Gasteiger partial charge >= 0.3 is 0 Å². The highest BCUT2D eigenvalue weighted by Crippen LogP contribution is 2.15. The minimum Gasteiger partial charge on any atom is -0.380 e. The van der Waals surface area contributed by atoms with Gasteiger partial charge in [0.1, 0.15) is 0 Å². The Morgan fingerprint density at radius 2 is 0.465 bits per heavy atom. The molecule has 0 radical (unpaired) electrons. The molecule has 3 heteroatoms. The molecule has 0 aliphatic carbocycles. The molecule has 0 fully saturated rings. The summed E-state index contributed by atoms with van der Waals surface area (Å²) >= 11 is 0. The summed E-state index contributed by atoms with van der Waals surface area (Å²) in [5.41, 5.74) is 0. The zero-order valence-electron chi connectivity index (χ0n) is 30.2. The molecule has 0 spiro atoms. The lowest BCUT2D eigenvalue weighted by atomic mass is 10.0. The van der Waals surface area contributed by atoms with E-state index in [4.69, 9.17) is 9.47 Å². The fourth-order valence-corrected chi connectivity index (χ4v) is 6.12. The Balaban J connectivity index is 3.02. The molecule has 0 aromatic carbocycles. The van der Waals surface area contributed by atoms with Crippen LogP contribution in [-0.2, 0) is 9.47 Å². The number of nitrogens with one attached hydrogen (secondary N) is 1. The van der Waals surface area contributed by atoms with Crippen LogP contribution in [0.4, 0.5) is 0 Å². The second-order valence-electron chi connectivity index (χ2n) is 13.6. The lowest BCUT2D eigenvalue weighted by molar-refractivity contribution is 0.117. The Labute approximate surface area is 273 Å². The average molecular weight is 610 g/mol. The van der Waals surface area contributed by atoms with Crippen molar-refractivity contribution >= 4 is 0 Å². The fraction of sp³-hybridized carbons (Fsp3) is 1.00. The first-order valence-corrected chi connectivity index (χ1v) is 20.3. The first-order valence-electron chi connectivity index (χ1n) is 20.3. The Morgan fingerprint density at radius 3 is 0.698 bits per heavy atom. The summed E-state index contributed by atoms with van der Waals surface area (Å²) in [7, 11) is 0. The third-order valence-corrected chi connectivity index (χ3v) is 9.13. The van der Waals surface area contributed by atoms with Crippen LogP contribution in [0.3, 0.4) is 0 Å². The number of hydrogen-bond donors (Lipinski definition) is 1. The number of ether oxygens (including phenoxy) is 2. The average Bonchev–Trinajstić information content (AvgIpc) is 3.02. The number of hydrogen-bond acceptors (Lipinski definition) is 3. The van der Waals surface area contributed by atoms with E-state index in [0.29, 0.717) is 0 Å². The molecule has 0 saturated heterocycles. The zero-order valence-corrected chi connectivity index (χ0v) is 30.2. The van der Waals surface area contributed by atoms with Crippen LogP contribution in [0.1, 0.15) is 219 Å². The summed E-state index contributed by atoms with van der Waals surface area (Å²) in [5.74, 6) is 0. The summed E-state index contributed by atoms with van der Waals surface area (Å²) < 4.78 is 11.6. The van der Waals surface area contributed by atoms with Crippen molar-refractivity contribution in [3.05, 3.63) is 0 Å². The van der Waals surface area contributed by atoms with E-state index in [1.807, 2.05) is 0 Å². The molecule has 0 aromatic heterocycles. The van der Waals surface area contributed by atoms with Crippen LogP contribution in [0.25, 0.3) is 0 Å². The van der Waals surface area contributed by atoms with Gasteiger partial charge in [0.15, 0.2) is 0 Å². The minimum absolute atomic E-state index is 0.831. The summed E-state index contributed by atoms with van der Waals surface area (Å²) in [5, 5.41) is 3.45. The molecule has 0 rings (SSSR count). The van der Waals surface area contributed by atoms with Gasteiger partial charge in [0, 0.05) is 26.3 Å². The van der Waals surface area contributed by atoms with E-state index >= 15 is 0 Å². The number of unbranched alkanes of at least 4 members (excludes halogenated alkanes) is 30. The predicted octanol–water partition coefficient (Wildman–Crippen LogP) is 13.1.